The maximum atomic E-state index is 13.7. The van der Waals surface area contributed by atoms with Gasteiger partial charge in [-0.2, -0.15) is 0 Å². The summed E-state index contributed by atoms with van der Waals surface area (Å²) < 4.78 is 13.6. The second kappa shape index (κ2) is 11.6. The first kappa shape index (κ1) is 26.9. The molecule has 0 bridgehead atoms. The number of carbonyl (C=O) groups excluding carboxylic acids is 2. The third kappa shape index (κ3) is 6.00. The van der Waals surface area contributed by atoms with Gasteiger partial charge in [-0.05, 0) is 67.3 Å². The summed E-state index contributed by atoms with van der Waals surface area (Å²) >= 11 is 0. The topological polar surface area (TPSA) is 67.2 Å². The molecule has 0 unspecified atom stereocenters. The van der Waals surface area contributed by atoms with E-state index in [2.05, 4.69) is 13.0 Å². The van der Waals surface area contributed by atoms with Crippen molar-refractivity contribution in [2.75, 3.05) is 45.8 Å². The SMILES string of the molecule is COc1ccc(N2CCCN(Cc3cccc4c3ccn4CC(=O)N(C)C)C2=O)cc1OCCC[C@H]1C[C@@H]1C. The fraction of sp³-hybridized carbons (Fsp3) is 0.484. The lowest BCUT2D eigenvalue weighted by molar-refractivity contribution is -0.129. The van der Waals surface area contributed by atoms with Gasteiger partial charge in [0.05, 0.1) is 13.7 Å². The summed E-state index contributed by atoms with van der Waals surface area (Å²) in [5, 5.41) is 1.06. The zero-order valence-corrected chi connectivity index (χ0v) is 23.6. The van der Waals surface area contributed by atoms with Crippen LogP contribution in [-0.4, -0.2) is 67.2 Å². The zero-order valence-electron chi connectivity index (χ0n) is 23.6. The van der Waals surface area contributed by atoms with Crippen LogP contribution in [-0.2, 0) is 17.9 Å². The number of methoxy groups -OCH3 is 1. The van der Waals surface area contributed by atoms with Crippen molar-refractivity contribution in [2.45, 2.75) is 45.7 Å². The van der Waals surface area contributed by atoms with Gasteiger partial charge in [-0.15, -0.1) is 0 Å². The van der Waals surface area contributed by atoms with Gasteiger partial charge in [0.25, 0.3) is 0 Å². The predicted octanol–water partition coefficient (Wildman–Crippen LogP) is 5.39. The summed E-state index contributed by atoms with van der Waals surface area (Å²) in [7, 11) is 5.17. The second-order valence-corrected chi connectivity index (χ2v) is 11.1. The molecule has 1 aliphatic carbocycles. The standard InChI is InChI=1S/C31H40N4O4/c1-22-18-23(22)9-6-17-39-29-19-25(11-12-28(29)38-4)35-15-7-14-34(31(35)37)20-24-8-5-10-27-26(24)13-16-33(27)21-30(36)32(2)3/h5,8,10-13,16,19,22-23H,6-7,9,14-15,17-18,20-21H2,1-4H3/t22-,23-/m0/s1. The van der Waals surface area contributed by atoms with Crippen LogP contribution in [0.3, 0.4) is 0 Å². The van der Waals surface area contributed by atoms with Gasteiger partial charge in [-0.1, -0.05) is 19.1 Å². The van der Waals surface area contributed by atoms with Gasteiger partial charge >= 0.3 is 6.03 Å². The van der Waals surface area contributed by atoms with Crippen LogP contribution in [0.25, 0.3) is 10.9 Å². The number of rotatable bonds is 11. The maximum Gasteiger partial charge on any atom is 0.324 e. The minimum atomic E-state index is -0.0145. The molecule has 1 saturated heterocycles. The third-order valence-corrected chi connectivity index (χ3v) is 8.09. The average molecular weight is 533 g/mol. The number of amides is 3. The molecule has 0 N–H and O–H groups in total. The highest BCUT2D eigenvalue weighted by molar-refractivity contribution is 5.93. The van der Waals surface area contributed by atoms with Crippen molar-refractivity contribution in [2.24, 2.45) is 11.8 Å². The molecule has 2 aliphatic rings. The lowest BCUT2D eigenvalue weighted by Crippen LogP contribution is -2.49. The first-order valence-electron chi connectivity index (χ1n) is 14.0. The monoisotopic (exact) mass is 532 g/mol. The molecule has 3 aromatic rings. The number of carbonyl (C=O) groups is 2. The van der Waals surface area contributed by atoms with Crippen LogP contribution in [0.2, 0.25) is 0 Å². The Hall–Kier alpha value is -3.68. The van der Waals surface area contributed by atoms with Crippen LogP contribution in [0, 0.1) is 11.8 Å². The number of anilines is 1. The van der Waals surface area contributed by atoms with Gasteiger partial charge in [-0.3, -0.25) is 9.69 Å². The van der Waals surface area contributed by atoms with E-state index in [1.807, 2.05) is 57.0 Å². The fourth-order valence-corrected chi connectivity index (χ4v) is 5.50. The molecule has 8 heteroatoms. The summed E-state index contributed by atoms with van der Waals surface area (Å²) in [5.41, 5.74) is 2.89. The van der Waals surface area contributed by atoms with E-state index in [4.69, 9.17) is 9.47 Å². The number of aromatic nitrogens is 1. The second-order valence-electron chi connectivity index (χ2n) is 11.1. The Morgan fingerprint density at radius 2 is 1.92 bits per heavy atom. The minimum absolute atomic E-state index is 0.0145. The number of benzene rings is 2. The molecule has 208 valence electrons. The lowest BCUT2D eigenvalue weighted by Gasteiger charge is -2.36. The quantitative estimate of drug-likeness (QED) is 0.311. The van der Waals surface area contributed by atoms with Gasteiger partial charge < -0.3 is 23.8 Å². The molecule has 2 fully saturated rings. The highest BCUT2D eigenvalue weighted by atomic mass is 16.5. The predicted molar refractivity (Wildman–Crippen MR) is 153 cm³/mol. The first-order chi connectivity index (χ1) is 18.9. The summed E-state index contributed by atoms with van der Waals surface area (Å²) in [5.74, 6) is 3.12. The molecule has 8 nitrogen and oxygen atoms in total. The van der Waals surface area contributed by atoms with Crippen LogP contribution in [0.5, 0.6) is 11.5 Å². The van der Waals surface area contributed by atoms with Gasteiger partial charge in [0.15, 0.2) is 11.5 Å². The first-order valence-corrected chi connectivity index (χ1v) is 14.0. The van der Waals surface area contributed by atoms with Crippen LogP contribution in [0.15, 0.2) is 48.7 Å². The summed E-state index contributed by atoms with van der Waals surface area (Å²) in [6.45, 7) is 5.11. The number of urea groups is 1. The van der Waals surface area contributed by atoms with Crippen molar-refractivity contribution < 1.29 is 19.1 Å². The Morgan fingerprint density at radius 3 is 2.67 bits per heavy atom. The van der Waals surface area contributed by atoms with E-state index < -0.39 is 0 Å². The maximum absolute atomic E-state index is 13.7. The highest BCUT2D eigenvalue weighted by Crippen LogP contribution is 2.41. The van der Waals surface area contributed by atoms with E-state index in [-0.39, 0.29) is 18.5 Å². The van der Waals surface area contributed by atoms with Crippen molar-refractivity contribution >= 4 is 28.5 Å². The molecular formula is C31H40N4O4. The number of nitrogens with zero attached hydrogens (tertiary/aromatic N) is 4. The molecule has 2 heterocycles. The molecule has 0 spiro atoms. The van der Waals surface area contributed by atoms with E-state index in [1.165, 1.54) is 12.8 Å². The number of fused-ring (bicyclic) bond motifs is 1. The summed E-state index contributed by atoms with van der Waals surface area (Å²) in [4.78, 5) is 31.3. The molecule has 0 radical (unpaired) electrons. The number of hydrogen-bond donors (Lipinski definition) is 0. The smallest absolute Gasteiger partial charge is 0.324 e. The highest BCUT2D eigenvalue weighted by Gasteiger charge is 2.31. The van der Waals surface area contributed by atoms with Gasteiger partial charge in [0.1, 0.15) is 6.54 Å². The summed E-state index contributed by atoms with van der Waals surface area (Å²) in [6.07, 6.45) is 6.38. The Bertz CT molecular complexity index is 1330. The van der Waals surface area contributed by atoms with Gasteiger partial charge in [-0.25, -0.2) is 4.79 Å². The molecule has 3 amide bonds. The average Bonchev–Trinajstić information content (AvgIpc) is 3.48. The molecule has 1 aliphatic heterocycles. The van der Waals surface area contributed by atoms with Gasteiger partial charge in [0.2, 0.25) is 5.91 Å². The largest absolute Gasteiger partial charge is 0.493 e. The number of likely N-dealkylation sites (N-methyl/N-ethyl adjacent to an activating group) is 1. The van der Waals surface area contributed by atoms with Gasteiger partial charge in [0, 0.05) is 62.6 Å². The zero-order chi connectivity index (χ0) is 27.5. The van der Waals surface area contributed by atoms with Crippen LogP contribution in [0.4, 0.5) is 10.5 Å². The lowest BCUT2D eigenvalue weighted by atomic mass is 10.1. The van der Waals surface area contributed by atoms with Crippen LogP contribution in [0.1, 0.15) is 38.2 Å². The molecule has 1 saturated carbocycles. The van der Waals surface area contributed by atoms with E-state index >= 15 is 0 Å². The number of hydrogen-bond acceptors (Lipinski definition) is 4. The Labute approximate surface area is 231 Å². The molecular weight excluding hydrogens is 492 g/mol. The Balaban J connectivity index is 1.28. The molecule has 5 rings (SSSR count). The summed E-state index contributed by atoms with van der Waals surface area (Å²) in [6, 6.07) is 13.9. The Kier molecular flexibility index (Phi) is 8.00. The van der Waals surface area contributed by atoms with E-state index in [9.17, 15) is 9.59 Å². The van der Waals surface area contributed by atoms with Crippen LogP contribution >= 0.6 is 0 Å². The van der Waals surface area contributed by atoms with E-state index in [1.54, 1.807) is 26.1 Å². The van der Waals surface area contributed by atoms with Crippen molar-refractivity contribution in [3.05, 3.63) is 54.2 Å². The van der Waals surface area contributed by atoms with E-state index in [0.29, 0.717) is 37.7 Å². The molecule has 2 atom stereocenters. The van der Waals surface area contributed by atoms with Crippen molar-refractivity contribution in [1.82, 2.24) is 14.4 Å². The van der Waals surface area contributed by atoms with Crippen molar-refractivity contribution in [3.63, 3.8) is 0 Å². The van der Waals surface area contributed by atoms with Crippen molar-refractivity contribution in [1.29, 1.82) is 0 Å². The molecule has 2 aromatic carbocycles. The fourth-order valence-electron chi connectivity index (χ4n) is 5.50. The minimum Gasteiger partial charge on any atom is -0.493 e. The molecule has 39 heavy (non-hydrogen) atoms. The third-order valence-electron chi connectivity index (χ3n) is 8.09. The normalized spacial score (nSPS) is 18.9. The van der Waals surface area contributed by atoms with Crippen LogP contribution < -0.4 is 14.4 Å². The number of ether oxygens (including phenoxy) is 2. The Morgan fingerprint density at radius 1 is 1.10 bits per heavy atom. The van der Waals surface area contributed by atoms with Crippen molar-refractivity contribution in [3.8, 4) is 11.5 Å². The van der Waals surface area contributed by atoms with E-state index in [0.717, 1.165) is 46.8 Å². The molecule has 1 aromatic heterocycles.